The van der Waals surface area contributed by atoms with E-state index in [1.165, 1.54) is 12.5 Å². The largest absolute Gasteiger partial charge is 0.383 e. The number of nitrogens with one attached hydrogen (secondary N) is 1. The van der Waals surface area contributed by atoms with Gasteiger partial charge in [0.25, 0.3) is 0 Å². The van der Waals surface area contributed by atoms with Crippen molar-refractivity contribution in [2.45, 2.75) is 18.9 Å². The molecule has 1 heterocycles. The average Bonchev–Trinajstić information content (AvgIpc) is 2.75. The number of nitrogens with zero attached hydrogens (tertiary/aromatic N) is 1. The Bertz CT molecular complexity index is 213. The SMILES string of the molecule is C=CC(=O)N(CCOC)CC1CCCN1. The first-order chi connectivity index (χ1) is 7.27. The van der Waals surface area contributed by atoms with Gasteiger partial charge in [-0.3, -0.25) is 4.79 Å². The van der Waals surface area contributed by atoms with Crippen molar-refractivity contribution in [1.82, 2.24) is 10.2 Å². The second-order valence-electron chi connectivity index (χ2n) is 3.77. The van der Waals surface area contributed by atoms with Crippen LogP contribution in [0.5, 0.6) is 0 Å². The van der Waals surface area contributed by atoms with Crippen molar-refractivity contribution >= 4 is 5.91 Å². The summed E-state index contributed by atoms with van der Waals surface area (Å²) in [5.41, 5.74) is 0. The maximum atomic E-state index is 11.5. The summed E-state index contributed by atoms with van der Waals surface area (Å²) in [6, 6.07) is 0.436. The molecule has 0 spiro atoms. The Balaban J connectivity index is 2.39. The van der Waals surface area contributed by atoms with Gasteiger partial charge in [0, 0.05) is 26.2 Å². The van der Waals surface area contributed by atoms with Gasteiger partial charge in [-0.05, 0) is 25.5 Å². The van der Waals surface area contributed by atoms with Crippen molar-refractivity contribution < 1.29 is 9.53 Å². The molecule has 1 N–H and O–H groups in total. The summed E-state index contributed by atoms with van der Waals surface area (Å²) in [6.45, 7) is 6.54. The van der Waals surface area contributed by atoms with Crippen LogP contribution in [0.4, 0.5) is 0 Å². The molecular formula is C11H20N2O2. The Kier molecular flexibility index (Phi) is 5.36. The zero-order valence-corrected chi connectivity index (χ0v) is 9.37. The lowest BCUT2D eigenvalue weighted by molar-refractivity contribution is -0.126. The molecule has 1 aliphatic rings. The minimum absolute atomic E-state index is 0.0132. The average molecular weight is 212 g/mol. The molecule has 0 radical (unpaired) electrons. The Labute approximate surface area is 91.3 Å². The summed E-state index contributed by atoms with van der Waals surface area (Å²) >= 11 is 0. The molecule has 1 aliphatic heterocycles. The third kappa shape index (κ3) is 4.01. The lowest BCUT2D eigenvalue weighted by Gasteiger charge is -2.24. The lowest BCUT2D eigenvalue weighted by atomic mass is 10.2. The molecule has 1 unspecified atom stereocenters. The minimum Gasteiger partial charge on any atom is -0.383 e. The van der Waals surface area contributed by atoms with Crippen molar-refractivity contribution in [3.8, 4) is 0 Å². The second-order valence-corrected chi connectivity index (χ2v) is 3.77. The zero-order chi connectivity index (χ0) is 11.1. The molecule has 4 nitrogen and oxygen atoms in total. The predicted molar refractivity (Wildman–Crippen MR) is 59.7 cm³/mol. The quantitative estimate of drug-likeness (QED) is 0.648. The van der Waals surface area contributed by atoms with Crippen molar-refractivity contribution in [1.29, 1.82) is 0 Å². The van der Waals surface area contributed by atoms with Gasteiger partial charge in [-0.25, -0.2) is 0 Å². The fourth-order valence-electron chi connectivity index (χ4n) is 1.80. The number of hydrogen-bond donors (Lipinski definition) is 1. The minimum atomic E-state index is -0.0132. The molecule has 1 rings (SSSR count). The highest BCUT2D eigenvalue weighted by atomic mass is 16.5. The molecule has 0 aromatic heterocycles. The third-order valence-corrected chi connectivity index (χ3v) is 2.65. The van der Waals surface area contributed by atoms with Gasteiger partial charge in [-0.15, -0.1) is 0 Å². The molecule has 1 fully saturated rings. The Morgan fingerprint density at radius 2 is 2.53 bits per heavy atom. The van der Waals surface area contributed by atoms with Gasteiger partial charge in [0.2, 0.25) is 5.91 Å². The number of carbonyl (C=O) groups is 1. The van der Waals surface area contributed by atoms with Crippen LogP contribution in [-0.4, -0.2) is 50.2 Å². The third-order valence-electron chi connectivity index (χ3n) is 2.65. The summed E-state index contributed by atoms with van der Waals surface area (Å²) in [4.78, 5) is 13.3. The first-order valence-corrected chi connectivity index (χ1v) is 5.41. The molecule has 86 valence electrons. The highest BCUT2D eigenvalue weighted by Crippen LogP contribution is 2.07. The first-order valence-electron chi connectivity index (χ1n) is 5.41. The summed E-state index contributed by atoms with van der Waals surface area (Å²) in [7, 11) is 1.64. The van der Waals surface area contributed by atoms with E-state index in [0.29, 0.717) is 19.2 Å². The van der Waals surface area contributed by atoms with Gasteiger partial charge in [0.05, 0.1) is 6.61 Å². The highest BCUT2D eigenvalue weighted by Gasteiger charge is 2.19. The van der Waals surface area contributed by atoms with Crippen LogP contribution in [-0.2, 0) is 9.53 Å². The fourth-order valence-corrected chi connectivity index (χ4v) is 1.80. The van der Waals surface area contributed by atoms with Crippen LogP contribution < -0.4 is 5.32 Å². The van der Waals surface area contributed by atoms with Gasteiger partial charge in [-0.1, -0.05) is 6.58 Å². The van der Waals surface area contributed by atoms with Gasteiger partial charge in [-0.2, -0.15) is 0 Å². The molecular weight excluding hydrogens is 192 g/mol. The maximum Gasteiger partial charge on any atom is 0.246 e. The van der Waals surface area contributed by atoms with Crippen LogP contribution in [0.25, 0.3) is 0 Å². The van der Waals surface area contributed by atoms with E-state index in [9.17, 15) is 4.79 Å². The number of amides is 1. The number of hydrogen-bond acceptors (Lipinski definition) is 3. The molecule has 15 heavy (non-hydrogen) atoms. The molecule has 0 aromatic carbocycles. The predicted octanol–water partition coefficient (Wildman–Crippen LogP) is 0.399. The van der Waals surface area contributed by atoms with Crippen molar-refractivity contribution in [3.63, 3.8) is 0 Å². The number of carbonyl (C=O) groups excluding carboxylic acids is 1. The number of methoxy groups -OCH3 is 1. The molecule has 0 saturated carbocycles. The van der Waals surface area contributed by atoms with E-state index in [0.717, 1.165) is 19.5 Å². The van der Waals surface area contributed by atoms with E-state index in [4.69, 9.17) is 4.74 Å². The van der Waals surface area contributed by atoms with E-state index in [2.05, 4.69) is 11.9 Å². The van der Waals surface area contributed by atoms with Gasteiger partial charge in [0.15, 0.2) is 0 Å². The van der Waals surface area contributed by atoms with E-state index in [1.807, 2.05) is 0 Å². The molecule has 1 amide bonds. The van der Waals surface area contributed by atoms with Crippen LogP contribution in [0.15, 0.2) is 12.7 Å². The first kappa shape index (κ1) is 12.2. The molecule has 0 bridgehead atoms. The van der Waals surface area contributed by atoms with E-state index >= 15 is 0 Å². The standard InChI is InChI=1S/C11H20N2O2/c1-3-11(14)13(7-8-15-2)9-10-5-4-6-12-10/h3,10,12H,1,4-9H2,2H3. The lowest BCUT2D eigenvalue weighted by Crippen LogP contribution is -2.41. The normalized spacial score (nSPS) is 20.2. The molecule has 1 atom stereocenters. The molecule has 0 aromatic rings. The Morgan fingerprint density at radius 3 is 3.07 bits per heavy atom. The zero-order valence-electron chi connectivity index (χ0n) is 9.37. The van der Waals surface area contributed by atoms with E-state index in [-0.39, 0.29) is 5.91 Å². The molecule has 1 saturated heterocycles. The van der Waals surface area contributed by atoms with Crippen LogP contribution in [0.3, 0.4) is 0 Å². The van der Waals surface area contributed by atoms with Crippen LogP contribution in [0.1, 0.15) is 12.8 Å². The summed E-state index contributed by atoms with van der Waals surface area (Å²) in [5.74, 6) is -0.0132. The monoisotopic (exact) mass is 212 g/mol. The second kappa shape index (κ2) is 6.58. The number of ether oxygens (including phenoxy) is 1. The van der Waals surface area contributed by atoms with Crippen LogP contribution in [0.2, 0.25) is 0 Å². The van der Waals surface area contributed by atoms with Crippen molar-refractivity contribution in [3.05, 3.63) is 12.7 Å². The summed E-state index contributed by atoms with van der Waals surface area (Å²) in [5, 5.41) is 3.37. The van der Waals surface area contributed by atoms with Crippen molar-refractivity contribution in [2.24, 2.45) is 0 Å². The smallest absolute Gasteiger partial charge is 0.246 e. The molecule has 0 aliphatic carbocycles. The van der Waals surface area contributed by atoms with Crippen LogP contribution in [0, 0.1) is 0 Å². The summed E-state index contributed by atoms with van der Waals surface area (Å²) < 4.78 is 4.98. The number of rotatable bonds is 6. The molecule has 4 heteroatoms. The fraction of sp³-hybridized carbons (Fsp3) is 0.727. The van der Waals surface area contributed by atoms with E-state index < -0.39 is 0 Å². The Morgan fingerprint density at radius 1 is 1.73 bits per heavy atom. The Hall–Kier alpha value is -0.870. The van der Waals surface area contributed by atoms with E-state index in [1.54, 1.807) is 12.0 Å². The van der Waals surface area contributed by atoms with Gasteiger partial charge < -0.3 is 15.0 Å². The highest BCUT2D eigenvalue weighted by molar-refractivity contribution is 5.87. The van der Waals surface area contributed by atoms with Crippen LogP contribution >= 0.6 is 0 Å². The van der Waals surface area contributed by atoms with Gasteiger partial charge >= 0.3 is 0 Å². The van der Waals surface area contributed by atoms with Crippen molar-refractivity contribution in [2.75, 3.05) is 33.4 Å². The maximum absolute atomic E-state index is 11.5. The topological polar surface area (TPSA) is 41.6 Å². The summed E-state index contributed by atoms with van der Waals surface area (Å²) in [6.07, 6.45) is 3.71. The van der Waals surface area contributed by atoms with Gasteiger partial charge in [0.1, 0.15) is 0 Å².